The highest BCUT2D eigenvalue weighted by Gasteiger charge is 2.30. The number of anilines is 1. The molecule has 8 heteroatoms. The van der Waals surface area contributed by atoms with Crippen molar-refractivity contribution in [3.8, 4) is 5.69 Å². The van der Waals surface area contributed by atoms with Crippen LogP contribution in [0.15, 0.2) is 60.9 Å². The van der Waals surface area contributed by atoms with E-state index in [1.165, 1.54) is 6.07 Å². The molecule has 26 heavy (non-hydrogen) atoms. The minimum atomic E-state index is -4.46. The van der Waals surface area contributed by atoms with Crippen LogP contribution in [0, 0.1) is 0 Å². The van der Waals surface area contributed by atoms with Crippen LogP contribution in [0.1, 0.15) is 15.9 Å². The van der Waals surface area contributed by atoms with Crippen LogP contribution < -0.4 is 5.32 Å². The van der Waals surface area contributed by atoms with Gasteiger partial charge >= 0.3 is 6.18 Å². The van der Waals surface area contributed by atoms with Crippen LogP contribution in [0.25, 0.3) is 5.69 Å². The summed E-state index contributed by atoms with van der Waals surface area (Å²) in [4.78, 5) is 12.3. The number of rotatable bonds is 3. The fourth-order valence-corrected chi connectivity index (χ4v) is 2.80. The zero-order chi connectivity index (χ0) is 18.9. The Kier molecular flexibility index (Phi) is 4.98. The molecule has 0 saturated heterocycles. The quantitative estimate of drug-likeness (QED) is 0.571. The van der Waals surface area contributed by atoms with E-state index in [0.717, 1.165) is 24.3 Å². The topological polar surface area (TPSA) is 34.0 Å². The molecule has 0 saturated carbocycles. The summed E-state index contributed by atoms with van der Waals surface area (Å²) in [6.45, 7) is 0. The summed E-state index contributed by atoms with van der Waals surface area (Å²) in [7, 11) is 0. The molecule has 2 aromatic carbocycles. The van der Waals surface area contributed by atoms with Crippen LogP contribution in [0.2, 0.25) is 10.0 Å². The smallest absolute Gasteiger partial charge is 0.322 e. The molecule has 3 rings (SSSR count). The van der Waals surface area contributed by atoms with Gasteiger partial charge in [0.2, 0.25) is 0 Å². The number of aromatic nitrogens is 1. The Balaban J connectivity index is 1.82. The Labute approximate surface area is 157 Å². The number of benzene rings is 2. The number of hydrogen-bond acceptors (Lipinski definition) is 1. The first-order chi connectivity index (χ1) is 12.3. The van der Waals surface area contributed by atoms with Gasteiger partial charge in [-0.3, -0.25) is 4.79 Å². The van der Waals surface area contributed by atoms with Crippen molar-refractivity contribution in [2.24, 2.45) is 0 Å². The average Bonchev–Trinajstić information content (AvgIpc) is 3.11. The molecule has 0 bridgehead atoms. The van der Waals surface area contributed by atoms with Crippen molar-refractivity contribution in [1.29, 1.82) is 0 Å². The molecule has 0 fully saturated rings. The molecule has 0 aliphatic rings. The van der Waals surface area contributed by atoms with Gasteiger partial charge in [0.05, 0.1) is 27.0 Å². The van der Waals surface area contributed by atoms with Gasteiger partial charge in [0, 0.05) is 18.0 Å². The van der Waals surface area contributed by atoms with Gasteiger partial charge < -0.3 is 9.88 Å². The predicted molar refractivity (Wildman–Crippen MR) is 95.2 cm³/mol. The molecule has 3 nitrogen and oxygen atoms in total. The monoisotopic (exact) mass is 398 g/mol. The van der Waals surface area contributed by atoms with E-state index >= 15 is 0 Å². The highest BCUT2D eigenvalue weighted by atomic mass is 35.5. The Morgan fingerprint density at radius 2 is 1.58 bits per heavy atom. The zero-order valence-corrected chi connectivity index (χ0v) is 14.5. The lowest BCUT2D eigenvalue weighted by molar-refractivity contribution is -0.137. The van der Waals surface area contributed by atoms with Gasteiger partial charge in [-0.05, 0) is 48.5 Å². The molecule has 0 radical (unpaired) electrons. The summed E-state index contributed by atoms with van der Waals surface area (Å²) >= 11 is 12.4. The minimum Gasteiger partial charge on any atom is -0.322 e. The predicted octanol–water partition coefficient (Wildman–Crippen LogP) is 6.06. The number of nitrogens with one attached hydrogen (secondary N) is 1. The highest BCUT2D eigenvalue weighted by Crippen LogP contribution is 2.32. The van der Waals surface area contributed by atoms with E-state index in [1.807, 2.05) is 12.1 Å². The number of amides is 1. The molecule has 0 aliphatic heterocycles. The number of carbonyl (C=O) groups is 1. The molecular formula is C18H11Cl2F3N2O. The molecule has 134 valence electrons. The Morgan fingerprint density at radius 1 is 0.962 bits per heavy atom. The molecule has 1 N–H and O–H groups in total. The van der Waals surface area contributed by atoms with Gasteiger partial charge in [-0.2, -0.15) is 13.2 Å². The Hall–Kier alpha value is -2.44. The lowest BCUT2D eigenvalue weighted by atomic mass is 10.1. The first-order valence-corrected chi connectivity index (χ1v) is 8.12. The van der Waals surface area contributed by atoms with Crippen LogP contribution in [-0.2, 0) is 6.18 Å². The maximum atomic E-state index is 12.6. The maximum absolute atomic E-state index is 12.6. The fourth-order valence-electron chi connectivity index (χ4n) is 2.33. The number of alkyl halides is 3. The molecule has 0 spiro atoms. The molecule has 1 aromatic heterocycles. The third-order valence-corrected chi connectivity index (χ3v) is 4.26. The third kappa shape index (κ3) is 3.86. The molecule has 3 aromatic rings. The van der Waals surface area contributed by atoms with E-state index in [0.29, 0.717) is 10.7 Å². The van der Waals surface area contributed by atoms with Crippen molar-refractivity contribution < 1.29 is 18.0 Å². The van der Waals surface area contributed by atoms with Crippen molar-refractivity contribution in [3.63, 3.8) is 0 Å². The molecule has 1 amide bonds. The van der Waals surface area contributed by atoms with Gasteiger partial charge in [0.25, 0.3) is 5.91 Å². The average molecular weight is 399 g/mol. The van der Waals surface area contributed by atoms with E-state index in [-0.39, 0.29) is 16.3 Å². The normalized spacial score (nSPS) is 11.4. The van der Waals surface area contributed by atoms with Gasteiger partial charge in [-0.25, -0.2) is 0 Å². The molecule has 1 heterocycles. The largest absolute Gasteiger partial charge is 0.416 e. The summed E-state index contributed by atoms with van der Waals surface area (Å²) in [6, 6.07) is 10.6. The Morgan fingerprint density at radius 3 is 2.15 bits per heavy atom. The minimum absolute atomic E-state index is 0.0691. The fraction of sp³-hybridized carbons (Fsp3) is 0.0556. The maximum Gasteiger partial charge on any atom is 0.416 e. The van der Waals surface area contributed by atoms with Crippen LogP contribution >= 0.6 is 23.2 Å². The van der Waals surface area contributed by atoms with Gasteiger partial charge in [0.15, 0.2) is 0 Å². The number of halogens is 5. The lowest BCUT2D eigenvalue weighted by Crippen LogP contribution is -2.13. The van der Waals surface area contributed by atoms with E-state index in [1.54, 1.807) is 23.0 Å². The van der Waals surface area contributed by atoms with Crippen molar-refractivity contribution >= 4 is 34.8 Å². The number of nitrogens with zero attached hydrogens (tertiary/aromatic N) is 1. The summed E-state index contributed by atoms with van der Waals surface area (Å²) in [6.07, 6.45) is -0.879. The second kappa shape index (κ2) is 7.05. The third-order valence-electron chi connectivity index (χ3n) is 3.64. The summed E-state index contributed by atoms with van der Waals surface area (Å²) in [5, 5.41) is 3.16. The summed E-state index contributed by atoms with van der Waals surface area (Å²) in [5.74, 6) is -0.592. The standard InChI is InChI=1S/C18H11Cl2F3N2O/c19-13-10-16(25-7-1-2-8-25)14(20)9-15(13)24-17(26)11-3-5-12(6-4-11)18(21,22)23/h1-10H,(H,24,26). The van der Waals surface area contributed by atoms with Crippen LogP contribution in [0.5, 0.6) is 0 Å². The van der Waals surface area contributed by atoms with E-state index in [2.05, 4.69) is 5.32 Å². The van der Waals surface area contributed by atoms with Crippen molar-refractivity contribution in [2.45, 2.75) is 6.18 Å². The van der Waals surface area contributed by atoms with Crippen LogP contribution in [0.4, 0.5) is 18.9 Å². The second-order valence-electron chi connectivity index (χ2n) is 5.40. The molecule has 0 atom stereocenters. The highest BCUT2D eigenvalue weighted by molar-refractivity contribution is 6.37. The zero-order valence-electron chi connectivity index (χ0n) is 13.0. The number of carbonyl (C=O) groups excluding carboxylic acids is 1. The molecule has 0 unspecified atom stereocenters. The van der Waals surface area contributed by atoms with Crippen molar-refractivity contribution in [3.05, 3.63) is 82.1 Å². The van der Waals surface area contributed by atoms with Crippen molar-refractivity contribution in [2.75, 3.05) is 5.32 Å². The summed E-state index contributed by atoms with van der Waals surface area (Å²) in [5.41, 5.74) is 0.137. The van der Waals surface area contributed by atoms with Crippen LogP contribution in [0.3, 0.4) is 0 Å². The SMILES string of the molecule is O=C(Nc1cc(Cl)c(-n2cccc2)cc1Cl)c1ccc(C(F)(F)F)cc1. The lowest BCUT2D eigenvalue weighted by Gasteiger charge is -2.12. The van der Waals surface area contributed by atoms with Gasteiger partial charge in [-0.15, -0.1) is 0 Å². The van der Waals surface area contributed by atoms with Gasteiger partial charge in [0.1, 0.15) is 0 Å². The van der Waals surface area contributed by atoms with Crippen molar-refractivity contribution in [1.82, 2.24) is 4.57 Å². The van der Waals surface area contributed by atoms with E-state index in [4.69, 9.17) is 23.2 Å². The Bertz CT molecular complexity index is 936. The molecular weight excluding hydrogens is 388 g/mol. The second-order valence-corrected chi connectivity index (χ2v) is 6.22. The van der Waals surface area contributed by atoms with Gasteiger partial charge in [-0.1, -0.05) is 23.2 Å². The molecule has 0 aliphatic carbocycles. The van der Waals surface area contributed by atoms with E-state index in [9.17, 15) is 18.0 Å². The van der Waals surface area contributed by atoms with E-state index < -0.39 is 17.6 Å². The first-order valence-electron chi connectivity index (χ1n) is 7.37. The number of hydrogen-bond donors (Lipinski definition) is 1. The van der Waals surface area contributed by atoms with Crippen LogP contribution in [-0.4, -0.2) is 10.5 Å². The first kappa shape index (κ1) is 18.4. The summed E-state index contributed by atoms with van der Waals surface area (Å²) < 4.78 is 39.5.